The molecular formula is C19H24N4O. The average Bonchev–Trinajstić information content (AvgIpc) is 2.64. The Morgan fingerprint density at radius 2 is 1.67 bits per heavy atom. The Morgan fingerprint density at radius 3 is 2.33 bits per heavy atom. The van der Waals surface area contributed by atoms with Gasteiger partial charge >= 0.3 is 0 Å². The van der Waals surface area contributed by atoms with Gasteiger partial charge in [-0.25, -0.2) is 9.97 Å². The number of nitrogens with two attached hydrogens (primary N) is 1. The lowest BCUT2D eigenvalue weighted by Crippen LogP contribution is -2.35. The molecule has 5 nitrogen and oxygen atoms in total. The van der Waals surface area contributed by atoms with Crippen molar-refractivity contribution in [1.29, 1.82) is 0 Å². The van der Waals surface area contributed by atoms with Gasteiger partial charge in [-0.15, -0.1) is 0 Å². The van der Waals surface area contributed by atoms with Crippen molar-refractivity contribution in [2.45, 2.75) is 38.5 Å². The summed E-state index contributed by atoms with van der Waals surface area (Å²) in [6.45, 7) is 1.88. The molecule has 2 N–H and O–H groups in total. The van der Waals surface area contributed by atoms with E-state index in [9.17, 15) is 4.79 Å². The van der Waals surface area contributed by atoms with Gasteiger partial charge in [0.1, 0.15) is 0 Å². The Balaban J connectivity index is 1.49. The van der Waals surface area contributed by atoms with Crippen molar-refractivity contribution < 1.29 is 4.79 Å². The van der Waals surface area contributed by atoms with Gasteiger partial charge in [-0.2, -0.15) is 0 Å². The number of aromatic nitrogens is 2. The number of benzene rings is 1. The highest BCUT2D eigenvalue weighted by Crippen LogP contribution is 2.19. The highest BCUT2D eigenvalue weighted by molar-refractivity contribution is 5.76. The van der Waals surface area contributed by atoms with Gasteiger partial charge in [-0.3, -0.25) is 4.79 Å². The first-order chi connectivity index (χ1) is 11.7. The normalized spacial score (nSPS) is 14.6. The number of hydrogen-bond donors (Lipinski definition) is 1. The lowest BCUT2D eigenvalue weighted by molar-refractivity contribution is -0.132. The summed E-state index contributed by atoms with van der Waals surface area (Å²) in [6, 6.07) is 8.35. The number of rotatable bonds is 5. The molecule has 0 aliphatic carbocycles. The van der Waals surface area contributed by atoms with Crippen molar-refractivity contribution in [3.63, 3.8) is 0 Å². The monoisotopic (exact) mass is 324 g/mol. The number of carbonyl (C=O) groups excluding carboxylic acids is 1. The number of aryl methyl sites for hydroxylation is 1. The predicted molar refractivity (Wildman–Crippen MR) is 95.2 cm³/mol. The zero-order chi connectivity index (χ0) is 16.8. The van der Waals surface area contributed by atoms with E-state index in [-0.39, 0.29) is 5.95 Å². The lowest BCUT2D eigenvalue weighted by Gasteiger charge is -2.26. The summed E-state index contributed by atoms with van der Waals surface area (Å²) >= 11 is 0. The molecule has 0 saturated carbocycles. The first-order valence-electron chi connectivity index (χ1n) is 8.67. The highest BCUT2D eigenvalue weighted by atomic mass is 16.2. The summed E-state index contributed by atoms with van der Waals surface area (Å²) in [5.74, 6) is 0.596. The molecule has 1 saturated heterocycles. The van der Waals surface area contributed by atoms with Crippen molar-refractivity contribution >= 4 is 11.9 Å². The molecule has 2 heterocycles. The fourth-order valence-corrected chi connectivity index (χ4v) is 3.10. The van der Waals surface area contributed by atoms with Crippen LogP contribution in [0.5, 0.6) is 0 Å². The van der Waals surface area contributed by atoms with E-state index in [4.69, 9.17) is 5.73 Å². The number of anilines is 1. The molecule has 5 heteroatoms. The smallest absolute Gasteiger partial charge is 0.222 e. The molecule has 1 amide bonds. The van der Waals surface area contributed by atoms with Crippen LogP contribution in [0.15, 0.2) is 36.7 Å². The topological polar surface area (TPSA) is 72.1 Å². The van der Waals surface area contributed by atoms with Crippen LogP contribution in [0.2, 0.25) is 0 Å². The first kappa shape index (κ1) is 16.4. The molecule has 2 aromatic rings. The number of nitrogen functional groups attached to an aromatic ring is 1. The molecule has 126 valence electrons. The van der Waals surface area contributed by atoms with Gasteiger partial charge in [0.05, 0.1) is 0 Å². The maximum Gasteiger partial charge on any atom is 0.222 e. The Labute approximate surface area is 142 Å². The number of piperidine rings is 1. The number of nitrogens with zero attached hydrogens (tertiary/aromatic N) is 3. The van der Waals surface area contributed by atoms with E-state index in [0.29, 0.717) is 12.3 Å². The van der Waals surface area contributed by atoms with Gasteiger partial charge in [0, 0.05) is 37.5 Å². The molecule has 0 bridgehead atoms. The minimum Gasteiger partial charge on any atom is -0.368 e. The van der Waals surface area contributed by atoms with Crippen molar-refractivity contribution in [1.82, 2.24) is 14.9 Å². The molecule has 1 fully saturated rings. The maximum absolute atomic E-state index is 12.2. The van der Waals surface area contributed by atoms with Crippen LogP contribution in [0, 0.1) is 0 Å². The first-order valence-corrected chi connectivity index (χ1v) is 8.67. The molecule has 1 aromatic heterocycles. The van der Waals surface area contributed by atoms with Crippen LogP contribution in [0.4, 0.5) is 5.95 Å². The summed E-state index contributed by atoms with van der Waals surface area (Å²) in [7, 11) is 0. The third kappa shape index (κ3) is 4.31. The summed E-state index contributed by atoms with van der Waals surface area (Å²) in [5, 5.41) is 0. The van der Waals surface area contributed by atoms with Crippen LogP contribution in [-0.2, 0) is 11.2 Å². The van der Waals surface area contributed by atoms with Gasteiger partial charge in [-0.05, 0) is 43.2 Å². The minimum absolute atomic E-state index is 0.286. The summed E-state index contributed by atoms with van der Waals surface area (Å²) in [4.78, 5) is 22.2. The average molecular weight is 324 g/mol. The molecule has 1 aliphatic rings. The van der Waals surface area contributed by atoms with Gasteiger partial charge in [0.15, 0.2) is 0 Å². The van der Waals surface area contributed by atoms with Crippen LogP contribution >= 0.6 is 0 Å². The second-order valence-electron chi connectivity index (χ2n) is 6.32. The zero-order valence-electron chi connectivity index (χ0n) is 13.9. The van der Waals surface area contributed by atoms with Crippen LogP contribution in [0.3, 0.4) is 0 Å². The van der Waals surface area contributed by atoms with Crippen LogP contribution < -0.4 is 5.73 Å². The van der Waals surface area contributed by atoms with Gasteiger partial charge < -0.3 is 10.6 Å². The lowest BCUT2D eigenvalue weighted by atomic mass is 10.0. The second-order valence-corrected chi connectivity index (χ2v) is 6.32. The number of carbonyl (C=O) groups is 1. The fourth-order valence-electron chi connectivity index (χ4n) is 3.10. The molecule has 0 radical (unpaired) electrons. The van der Waals surface area contributed by atoms with E-state index in [1.54, 1.807) is 12.4 Å². The number of amides is 1. The highest BCUT2D eigenvalue weighted by Gasteiger charge is 2.15. The molecule has 3 rings (SSSR count). The van der Waals surface area contributed by atoms with E-state index >= 15 is 0 Å². The fraction of sp³-hybridized carbons (Fsp3) is 0.421. The number of hydrogen-bond acceptors (Lipinski definition) is 4. The molecule has 0 spiro atoms. The summed E-state index contributed by atoms with van der Waals surface area (Å²) in [6.07, 6.45) is 9.51. The SMILES string of the molecule is Nc1ncc(-c2ccc(CCCC(=O)N3CCCCC3)cc2)cn1. The summed E-state index contributed by atoms with van der Waals surface area (Å²) in [5.41, 5.74) is 8.79. The van der Waals surface area contributed by atoms with Crippen molar-refractivity contribution in [3.8, 4) is 11.1 Å². The van der Waals surface area contributed by atoms with Gasteiger partial charge in [0.25, 0.3) is 0 Å². The van der Waals surface area contributed by atoms with E-state index in [2.05, 4.69) is 34.2 Å². The molecule has 1 aliphatic heterocycles. The largest absolute Gasteiger partial charge is 0.368 e. The van der Waals surface area contributed by atoms with Gasteiger partial charge in [0.2, 0.25) is 11.9 Å². The molecule has 24 heavy (non-hydrogen) atoms. The summed E-state index contributed by atoms with van der Waals surface area (Å²) < 4.78 is 0. The Hall–Kier alpha value is -2.43. The van der Waals surface area contributed by atoms with E-state index in [1.807, 2.05) is 4.90 Å². The molecule has 0 atom stereocenters. The van der Waals surface area contributed by atoms with E-state index < -0.39 is 0 Å². The predicted octanol–water partition coefficient (Wildman–Crippen LogP) is 3.06. The minimum atomic E-state index is 0.286. The van der Waals surface area contributed by atoms with Crippen LogP contribution in [0.1, 0.15) is 37.7 Å². The second kappa shape index (κ2) is 7.90. The third-order valence-corrected chi connectivity index (χ3v) is 4.52. The van der Waals surface area contributed by atoms with Crippen molar-refractivity contribution in [3.05, 3.63) is 42.2 Å². The number of likely N-dealkylation sites (tertiary alicyclic amines) is 1. The third-order valence-electron chi connectivity index (χ3n) is 4.52. The van der Waals surface area contributed by atoms with Crippen LogP contribution in [-0.4, -0.2) is 33.9 Å². The Bertz CT molecular complexity index is 661. The standard InChI is InChI=1S/C19H24N4O/c20-19-21-13-17(14-22-19)16-9-7-15(8-10-16)5-4-6-18(24)23-11-2-1-3-12-23/h7-10,13-14H,1-6,11-12H2,(H2,20,21,22). The molecular weight excluding hydrogens is 300 g/mol. The zero-order valence-corrected chi connectivity index (χ0v) is 13.9. The van der Waals surface area contributed by atoms with E-state index in [1.165, 1.54) is 12.0 Å². The quantitative estimate of drug-likeness (QED) is 0.917. The molecule has 0 unspecified atom stereocenters. The Kier molecular flexibility index (Phi) is 5.41. The Morgan fingerprint density at radius 1 is 1.00 bits per heavy atom. The van der Waals surface area contributed by atoms with Crippen molar-refractivity contribution in [2.24, 2.45) is 0 Å². The van der Waals surface area contributed by atoms with Crippen LogP contribution in [0.25, 0.3) is 11.1 Å². The van der Waals surface area contributed by atoms with E-state index in [0.717, 1.165) is 49.9 Å². The van der Waals surface area contributed by atoms with Crippen molar-refractivity contribution in [2.75, 3.05) is 18.8 Å². The molecule has 1 aromatic carbocycles. The van der Waals surface area contributed by atoms with Gasteiger partial charge in [-0.1, -0.05) is 24.3 Å². The maximum atomic E-state index is 12.2.